The number of carbonyl (C=O) groups excluding carboxylic acids is 1. The lowest BCUT2D eigenvalue weighted by Gasteiger charge is -2.35. The lowest BCUT2D eigenvalue weighted by atomic mass is 9.76. The minimum absolute atomic E-state index is 0.000241. The van der Waals surface area contributed by atoms with Crippen molar-refractivity contribution >= 4 is 5.91 Å². The normalized spacial score (nSPS) is 25.8. The molecular formula is C16H19FN2O. The fourth-order valence-electron chi connectivity index (χ4n) is 2.77. The van der Waals surface area contributed by atoms with Crippen LogP contribution in [0.3, 0.4) is 0 Å². The number of hydrogen-bond acceptors (Lipinski definition) is 2. The Hall–Kier alpha value is -1.89. The van der Waals surface area contributed by atoms with Gasteiger partial charge in [0.2, 0.25) is 0 Å². The minimum Gasteiger partial charge on any atom is -0.334 e. The van der Waals surface area contributed by atoms with Crippen LogP contribution >= 0.6 is 0 Å². The van der Waals surface area contributed by atoms with Crippen molar-refractivity contribution in [2.45, 2.75) is 44.6 Å². The van der Waals surface area contributed by atoms with E-state index in [0.717, 1.165) is 19.3 Å². The maximum absolute atomic E-state index is 13.6. The first-order valence-electron chi connectivity index (χ1n) is 7.08. The molecule has 1 aliphatic rings. The van der Waals surface area contributed by atoms with Crippen molar-refractivity contribution in [1.82, 2.24) is 5.32 Å². The topological polar surface area (TPSA) is 52.9 Å². The smallest absolute Gasteiger partial charge is 0.255 e. The monoisotopic (exact) mass is 274 g/mol. The predicted molar refractivity (Wildman–Crippen MR) is 74.5 cm³/mol. The third-order valence-corrected chi connectivity index (χ3v) is 4.22. The van der Waals surface area contributed by atoms with E-state index in [-0.39, 0.29) is 5.56 Å². The van der Waals surface area contributed by atoms with E-state index in [9.17, 15) is 14.4 Å². The Bertz CT molecular complexity index is 528. The second-order valence-corrected chi connectivity index (χ2v) is 5.48. The highest BCUT2D eigenvalue weighted by Gasteiger charge is 2.36. The summed E-state index contributed by atoms with van der Waals surface area (Å²) in [7, 11) is 0. The number of nitriles is 1. The average molecular weight is 274 g/mol. The number of halogens is 1. The Morgan fingerprint density at radius 2 is 2.10 bits per heavy atom. The summed E-state index contributed by atoms with van der Waals surface area (Å²) in [5.74, 6) is -0.429. The summed E-state index contributed by atoms with van der Waals surface area (Å²) in [5, 5.41) is 12.2. The third-order valence-electron chi connectivity index (χ3n) is 4.22. The number of benzene rings is 1. The van der Waals surface area contributed by atoms with E-state index < -0.39 is 17.3 Å². The number of nitrogens with one attached hydrogen (secondary N) is 1. The van der Waals surface area contributed by atoms with Crippen LogP contribution in [0.1, 0.15) is 49.4 Å². The lowest BCUT2D eigenvalue weighted by Crippen LogP contribution is -2.49. The van der Waals surface area contributed by atoms with Crippen LogP contribution in [-0.4, -0.2) is 11.4 Å². The first kappa shape index (κ1) is 14.5. The largest absolute Gasteiger partial charge is 0.334 e. The molecule has 0 unspecified atom stereocenters. The van der Waals surface area contributed by atoms with E-state index in [0.29, 0.717) is 18.8 Å². The van der Waals surface area contributed by atoms with Gasteiger partial charge in [-0.15, -0.1) is 0 Å². The average Bonchev–Trinajstić information content (AvgIpc) is 2.48. The van der Waals surface area contributed by atoms with Crippen molar-refractivity contribution in [1.29, 1.82) is 5.26 Å². The van der Waals surface area contributed by atoms with Gasteiger partial charge in [0.15, 0.2) is 0 Å². The van der Waals surface area contributed by atoms with Gasteiger partial charge < -0.3 is 5.32 Å². The molecule has 1 aliphatic carbocycles. The molecular weight excluding hydrogens is 255 g/mol. The molecule has 1 N–H and O–H groups in total. The summed E-state index contributed by atoms with van der Waals surface area (Å²) in [4.78, 5) is 12.1. The first-order valence-corrected chi connectivity index (χ1v) is 7.08. The van der Waals surface area contributed by atoms with Gasteiger partial charge >= 0.3 is 0 Å². The highest BCUT2D eigenvalue weighted by molar-refractivity contribution is 5.95. The number of rotatable bonds is 3. The Labute approximate surface area is 118 Å². The summed E-state index contributed by atoms with van der Waals surface area (Å²) < 4.78 is 13.6. The van der Waals surface area contributed by atoms with Crippen LogP contribution in [0.4, 0.5) is 4.39 Å². The highest BCUT2D eigenvalue weighted by atomic mass is 19.1. The van der Waals surface area contributed by atoms with Crippen LogP contribution in [0.5, 0.6) is 0 Å². The molecule has 2 rings (SSSR count). The zero-order valence-electron chi connectivity index (χ0n) is 11.7. The van der Waals surface area contributed by atoms with Gasteiger partial charge in [0.05, 0.1) is 11.6 Å². The maximum Gasteiger partial charge on any atom is 0.255 e. The predicted octanol–water partition coefficient (Wildman–Crippen LogP) is 3.42. The summed E-state index contributed by atoms with van der Waals surface area (Å²) in [6.07, 6.45) is 4.25. The molecule has 1 amide bonds. The molecule has 1 aromatic rings. The van der Waals surface area contributed by atoms with Crippen molar-refractivity contribution in [3.8, 4) is 6.07 Å². The summed E-state index contributed by atoms with van der Waals surface area (Å²) in [6, 6.07) is 8.07. The standard InChI is InChI=1S/C16H19FN2O/c1-2-12-7-9-16(11-18,10-8-12)19-15(20)13-5-3-4-6-14(13)17/h3-6,12H,2,7-10H2,1H3,(H,19,20). The van der Waals surface area contributed by atoms with Gasteiger partial charge in [-0.2, -0.15) is 5.26 Å². The Morgan fingerprint density at radius 1 is 1.45 bits per heavy atom. The Morgan fingerprint density at radius 3 is 2.65 bits per heavy atom. The molecule has 4 heteroatoms. The minimum atomic E-state index is -0.842. The van der Waals surface area contributed by atoms with Crippen LogP contribution in [0.25, 0.3) is 0 Å². The number of carbonyl (C=O) groups is 1. The molecule has 0 aromatic heterocycles. The van der Waals surface area contributed by atoms with E-state index in [1.54, 1.807) is 12.1 Å². The maximum atomic E-state index is 13.6. The fourth-order valence-corrected chi connectivity index (χ4v) is 2.77. The summed E-state index contributed by atoms with van der Waals surface area (Å²) in [5.41, 5.74) is -0.842. The first-order chi connectivity index (χ1) is 9.60. The van der Waals surface area contributed by atoms with E-state index in [2.05, 4.69) is 18.3 Å². The number of amides is 1. The van der Waals surface area contributed by atoms with Gasteiger partial charge in [-0.3, -0.25) is 4.79 Å². The van der Waals surface area contributed by atoms with Crippen molar-refractivity contribution in [3.63, 3.8) is 0 Å². The second-order valence-electron chi connectivity index (χ2n) is 5.48. The Kier molecular flexibility index (Phi) is 4.39. The lowest BCUT2D eigenvalue weighted by molar-refractivity contribution is 0.0887. The number of nitrogens with zero attached hydrogens (tertiary/aromatic N) is 1. The third kappa shape index (κ3) is 2.98. The van der Waals surface area contributed by atoms with Crippen molar-refractivity contribution < 1.29 is 9.18 Å². The highest BCUT2D eigenvalue weighted by Crippen LogP contribution is 2.33. The molecule has 0 radical (unpaired) electrons. The van der Waals surface area contributed by atoms with Crippen molar-refractivity contribution in [2.24, 2.45) is 5.92 Å². The molecule has 0 bridgehead atoms. The molecule has 1 saturated carbocycles. The Balaban J connectivity index is 2.10. The van der Waals surface area contributed by atoms with Crippen LogP contribution in [0, 0.1) is 23.1 Å². The zero-order valence-corrected chi connectivity index (χ0v) is 11.7. The van der Waals surface area contributed by atoms with Gasteiger partial charge in [0.1, 0.15) is 11.4 Å². The molecule has 106 valence electrons. The molecule has 0 saturated heterocycles. The van der Waals surface area contributed by atoms with Gasteiger partial charge in [-0.05, 0) is 43.7 Å². The molecule has 0 aliphatic heterocycles. The second kappa shape index (κ2) is 6.04. The summed E-state index contributed by atoms with van der Waals surface area (Å²) in [6.45, 7) is 2.14. The van der Waals surface area contributed by atoms with Gasteiger partial charge in [-0.1, -0.05) is 25.5 Å². The van der Waals surface area contributed by atoms with E-state index in [4.69, 9.17) is 0 Å². The SMILES string of the molecule is CCC1CCC(C#N)(NC(=O)c2ccccc2F)CC1. The van der Waals surface area contributed by atoms with Crippen LogP contribution in [0.15, 0.2) is 24.3 Å². The molecule has 0 atom stereocenters. The molecule has 0 spiro atoms. The molecule has 20 heavy (non-hydrogen) atoms. The van der Waals surface area contributed by atoms with Crippen LogP contribution in [-0.2, 0) is 0 Å². The summed E-state index contributed by atoms with van der Waals surface area (Å²) >= 11 is 0. The molecule has 0 heterocycles. The molecule has 3 nitrogen and oxygen atoms in total. The van der Waals surface area contributed by atoms with Crippen molar-refractivity contribution in [3.05, 3.63) is 35.6 Å². The van der Waals surface area contributed by atoms with Crippen LogP contribution < -0.4 is 5.32 Å². The molecule has 1 fully saturated rings. The van der Waals surface area contributed by atoms with Gasteiger partial charge in [0.25, 0.3) is 5.91 Å². The van der Waals surface area contributed by atoms with E-state index >= 15 is 0 Å². The van der Waals surface area contributed by atoms with Crippen LogP contribution in [0.2, 0.25) is 0 Å². The zero-order chi connectivity index (χ0) is 14.6. The van der Waals surface area contributed by atoms with Gasteiger partial charge in [-0.25, -0.2) is 4.39 Å². The molecule has 1 aromatic carbocycles. The van der Waals surface area contributed by atoms with Crippen molar-refractivity contribution in [2.75, 3.05) is 0 Å². The van der Waals surface area contributed by atoms with E-state index in [1.165, 1.54) is 12.1 Å². The quantitative estimate of drug-likeness (QED) is 0.918. The van der Waals surface area contributed by atoms with E-state index in [1.807, 2.05) is 0 Å². The fraction of sp³-hybridized carbons (Fsp3) is 0.500. The number of hydrogen-bond donors (Lipinski definition) is 1. The van der Waals surface area contributed by atoms with Gasteiger partial charge in [0, 0.05) is 0 Å².